The van der Waals surface area contributed by atoms with Crippen molar-refractivity contribution in [2.45, 2.75) is 32.2 Å². The second kappa shape index (κ2) is 4.59. The molecular formula is C14H18FNO2. The Morgan fingerprint density at radius 1 is 1.44 bits per heavy atom. The van der Waals surface area contributed by atoms with E-state index in [4.69, 9.17) is 5.11 Å². The normalized spacial score (nSPS) is 22.2. The highest BCUT2D eigenvalue weighted by Crippen LogP contribution is 2.38. The molecule has 1 N–H and O–H groups in total. The Morgan fingerprint density at radius 2 is 2.06 bits per heavy atom. The monoisotopic (exact) mass is 251 g/mol. The van der Waals surface area contributed by atoms with Crippen molar-refractivity contribution in [2.24, 2.45) is 5.92 Å². The molecule has 1 fully saturated rings. The Morgan fingerprint density at radius 3 is 2.61 bits per heavy atom. The molecule has 1 aromatic carbocycles. The first-order valence-electron chi connectivity index (χ1n) is 6.13. The zero-order valence-electron chi connectivity index (χ0n) is 10.7. The molecule has 18 heavy (non-hydrogen) atoms. The standard InChI is InChI=1S/C14H18FNO2/c1-14(2)8-10(7-13(17)18)9-16(14)12-5-3-11(15)4-6-12/h3-6,10H,7-9H2,1-2H3,(H,17,18). The number of halogens is 1. The third-order valence-corrected chi connectivity index (χ3v) is 3.56. The van der Waals surface area contributed by atoms with Crippen molar-refractivity contribution in [1.82, 2.24) is 0 Å². The van der Waals surface area contributed by atoms with Crippen LogP contribution in [-0.4, -0.2) is 23.2 Å². The minimum absolute atomic E-state index is 0.0854. The summed E-state index contributed by atoms with van der Waals surface area (Å²) in [5.74, 6) is -0.850. The number of carboxylic acid groups (broad SMARTS) is 1. The van der Waals surface area contributed by atoms with E-state index < -0.39 is 5.97 Å². The van der Waals surface area contributed by atoms with Crippen LogP contribution in [0.1, 0.15) is 26.7 Å². The van der Waals surface area contributed by atoms with Crippen molar-refractivity contribution in [1.29, 1.82) is 0 Å². The van der Waals surface area contributed by atoms with Crippen LogP contribution in [0, 0.1) is 11.7 Å². The van der Waals surface area contributed by atoms with Gasteiger partial charge in [0, 0.05) is 24.2 Å². The van der Waals surface area contributed by atoms with Crippen LogP contribution in [0.2, 0.25) is 0 Å². The summed E-state index contributed by atoms with van der Waals surface area (Å²) in [6.45, 7) is 4.90. The summed E-state index contributed by atoms with van der Waals surface area (Å²) in [4.78, 5) is 13.0. The third kappa shape index (κ3) is 2.63. The summed E-state index contributed by atoms with van der Waals surface area (Å²) < 4.78 is 12.9. The summed E-state index contributed by atoms with van der Waals surface area (Å²) in [6.07, 6.45) is 1.04. The molecular weight excluding hydrogens is 233 g/mol. The third-order valence-electron chi connectivity index (χ3n) is 3.56. The summed E-state index contributed by atoms with van der Waals surface area (Å²) in [5, 5.41) is 8.87. The van der Waals surface area contributed by atoms with Gasteiger partial charge in [0.05, 0.1) is 0 Å². The lowest BCUT2D eigenvalue weighted by Gasteiger charge is -2.33. The fourth-order valence-electron chi connectivity index (χ4n) is 2.85. The van der Waals surface area contributed by atoms with Crippen molar-refractivity contribution >= 4 is 11.7 Å². The Hall–Kier alpha value is -1.58. The van der Waals surface area contributed by atoms with Crippen LogP contribution in [0.4, 0.5) is 10.1 Å². The number of anilines is 1. The van der Waals surface area contributed by atoms with Crippen LogP contribution in [0.3, 0.4) is 0 Å². The molecule has 0 bridgehead atoms. The highest BCUT2D eigenvalue weighted by molar-refractivity contribution is 5.67. The Labute approximate surface area is 106 Å². The molecule has 1 aliphatic rings. The molecule has 0 amide bonds. The zero-order chi connectivity index (χ0) is 13.3. The van der Waals surface area contributed by atoms with Crippen molar-refractivity contribution in [3.63, 3.8) is 0 Å². The first-order chi connectivity index (χ1) is 8.38. The number of benzene rings is 1. The largest absolute Gasteiger partial charge is 0.481 e. The highest BCUT2D eigenvalue weighted by atomic mass is 19.1. The van der Waals surface area contributed by atoms with Gasteiger partial charge in [0.2, 0.25) is 0 Å². The van der Waals surface area contributed by atoms with E-state index in [0.29, 0.717) is 6.54 Å². The number of hydrogen-bond acceptors (Lipinski definition) is 2. The topological polar surface area (TPSA) is 40.5 Å². The first kappa shape index (κ1) is 12.9. The average Bonchev–Trinajstić information content (AvgIpc) is 2.53. The summed E-state index contributed by atoms with van der Waals surface area (Å²) >= 11 is 0. The van der Waals surface area contributed by atoms with Gasteiger partial charge in [0.25, 0.3) is 0 Å². The maximum absolute atomic E-state index is 12.9. The van der Waals surface area contributed by atoms with E-state index in [1.54, 1.807) is 12.1 Å². The quantitative estimate of drug-likeness (QED) is 0.898. The highest BCUT2D eigenvalue weighted by Gasteiger charge is 2.39. The first-order valence-corrected chi connectivity index (χ1v) is 6.13. The molecule has 0 radical (unpaired) electrons. The van der Waals surface area contributed by atoms with Crippen molar-refractivity contribution in [3.05, 3.63) is 30.1 Å². The molecule has 1 heterocycles. The minimum atomic E-state index is -0.753. The van der Waals surface area contributed by atoms with Crippen LogP contribution < -0.4 is 4.90 Å². The molecule has 0 aromatic heterocycles. The van der Waals surface area contributed by atoms with E-state index in [1.165, 1.54) is 12.1 Å². The molecule has 0 saturated carbocycles. The summed E-state index contributed by atoms with van der Waals surface area (Å²) in [7, 11) is 0. The molecule has 4 heteroatoms. The number of aliphatic carboxylic acids is 1. The van der Waals surface area contributed by atoms with Crippen LogP contribution >= 0.6 is 0 Å². The second-order valence-corrected chi connectivity index (χ2v) is 5.57. The van der Waals surface area contributed by atoms with Gasteiger partial charge in [-0.15, -0.1) is 0 Å². The van der Waals surface area contributed by atoms with E-state index in [2.05, 4.69) is 18.7 Å². The fraction of sp³-hybridized carbons (Fsp3) is 0.500. The predicted molar refractivity (Wildman–Crippen MR) is 68.2 cm³/mol. The molecule has 3 nitrogen and oxygen atoms in total. The number of nitrogens with zero attached hydrogens (tertiary/aromatic N) is 1. The molecule has 1 unspecified atom stereocenters. The lowest BCUT2D eigenvalue weighted by molar-refractivity contribution is -0.137. The number of hydrogen-bond donors (Lipinski definition) is 1. The SMILES string of the molecule is CC1(C)CC(CC(=O)O)CN1c1ccc(F)cc1. The lowest BCUT2D eigenvalue weighted by atomic mass is 9.94. The van der Waals surface area contributed by atoms with Gasteiger partial charge in [0.1, 0.15) is 5.82 Å². The van der Waals surface area contributed by atoms with Crippen LogP contribution in [0.15, 0.2) is 24.3 Å². The predicted octanol–water partition coefficient (Wildman–Crippen LogP) is 2.91. The Balaban J connectivity index is 2.17. The van der Waals surface area contributed by atoms with Crippen molar-refractivity contribution in [3.8, 4) is 0 Å². The van der Waals surface area contributed by atoms with E-state index in [0.717, 1.165) is 12.1 Å². The van der Waals surface area contributed by atoms with Crippen molar-refractivity contribution in [2.75, 3.05) is 11.4 Å². The molecule has 1 atom stereocenters. The van der Waals surface area contributed by atoms with E-state index in [-0.39, 0.29) is 23.7 Å². The van der Waals surface area contributed by atoms with Crippen LogP contribution in [0.5, 0.6) is 0 Å². The zero-order valence-corrected chi connectivity index (χ0v) is 10.7. The second-order valence-electron chi connectivity index (χ2n) is 5.57. The van der Waals surface area contributed by atoms with E-state index in [9.17, 15) is 9.18 Å². The molecule has 0 spiro atoms. The van der Waals surface area contributed by atoms with Crippen molar-refractivity contribution < 1.29 is 14.3 Å². The van der Waals surface area contributed by atoms with E-state index >= 15 is 0 Å². The maximum atomic E-state index is 12.9. The van der Waals surface area contributed by atoms with Gasteiger partial charge >= 0.3 is 5.97 Å². The minimum Gasteiger partial charge on any atom is -0.481 e. The van der Waals surface area contributed by atoms with Gasteiger partial charge < -0.3 is 10.0 Å². The van der Waals surface area contributed by atoms with Gasteiger partial charge in [-0.05, 0) is 50.5 Å². The molecule has 1 saturated heterocycles. The van der Waals surface area contributed by atoms with Crippen LogP contribution in [0.25, 0.3) is 0 Å². The van der Waals surface area contributed by atoms with Gasteiger partial charge in [0.15, 0.2) is 0 Å². The average molecular weight is 251 g/mol. The van der Waals surface area contributed by atoms with E-state index in [1.807, 2.05) is 0 Å². The molecule has 2 rings (SSSR count). The summed E-state index contributed by atoms with van der Waals surface area (Å²) in [6, 6.07) is 6.38. The number of carbonyl (C=O) groups is 1. The van der Waals surface area contributed by atoms with Gasteiger partial charge in [-0.3, -0.25) is 4.79 Å². The number of rotatable bonds is 3. The van der Waals surface area contributed by atoms with Crippen LogP contribution in [-0.2, 0) is 4.79 Å². The Kier molecular flexibility index (Phi) is 3.28. The van der Waals surface area contributed by atoms with Gasteiger partial charge in [-0.1, -0.05) is 0 Å². The van der Waals surface area contributed by atoms with Gasteiger partial charge in [-0.25, -0.2) is 4.39 Å². The number of carboxylic acids is 1. The van der Waals surface area contributed by atoms with Gasteiger partial charge in [-0.2, -0.15) is 0 Å². The molecule has 0 aliphatic carbocycles. The molecule has 1 aromatic rings. The Bertz CT molecular complexity index is 442. The molecule has 1 aliphatic heterocycles. The summed E-state index contributed by atoms with van der Waals surface area (Å²) in [5.41, 5.74) is 0.868. The maximum Gasteiger partial charge on any atom is 0.303 e. The lowest BCUT2D eigenvalue weighted by Crippen LogP contribution is -2.38. The smallest absolute Gasteiger partial charge is 0.303 e. The fourth-order valence-corrected chi connectivity index (χ4v) is 2.85. The molecule has 98 valence electrons.